The van der Waals surface area contributed by atoms with Crippen molar-refractivity contribution in [3.8, 4) is 0 Å². The summed E-state index contributed by atoms with van der Waals surface area (Å²) in [6.07, 6.45) is 2.78. The summed E-state index contributed by atoms with van der Waals surface area (Å²) in [4.78, 5) is 4.07. The fourth-order valence-corrected chi connectivity index (χ4v) is 1.75. The molecule has 0 radical (unpaired) electrons. The van der Waals surface area contributed by atoms with Crippen molar-refractivity contribution >= 4 is 0 Å². The lowest BCUT2D eigenvalue weighted by Crippen LogP contribution is -2.07. The van der Waals surface area contributed by atoms with Crippen LogP contribution in [0.15, 0.2) is 30.6 Å². The summed E-state index contributed by atoms with van der Waals surface area (Å²) in [5, 5.41) is 9.51. The average molecular weight is 264 g/mol. The lowest BCUT2D eigenvalue weighted by Gasteiger charge is -2.10. The molecule has 1 unspecified atom stereocenters. The zero-order valence-corrected chi connectivity index (χ0v) is 11.9. The Balaban J connectivity index is 0.000000861. The summed E-state index contributed by atoms with van der Waals surface area (Å²) >= 11 is 0. The Morgan fingerprint density at radius 1 is 1.37 bits per heavy atom. The summed E-state index contributed by atoms with van der Waals surface area (Å²) < 4.78 is 15.2. The van der Waals surface area contributed by atoms with E-state index >= 15 is 0 Å². The van der Waals surface area contributed by atoms with E-state index in [0.717, 1.165) is 5.56 Å². The molecule has 2 rings (SSSR count). The van der Waals surface area contributed by atoms with Gasteiger partial charge >= 0.3 is 0 Å². The molecular weight excluding hydrogens is 243 g/mol. The third kappa shape index (κ3) is 3.89. The van der Waals surface area contributed by atoms with Crippen molar-refractivity contribution in [2.24, 2.45) is 0 Å². The summed E-state index contributed by atoms with van der Waals surface area (Å²) in [6, 6.07) is 5.15. The first kappa shape index (κ1) is 15.4. The Kier molecular flexibility index (Phi) is 5.70. The molecule has 0 aliphatic heterocycles. The van der Waals surface area contributed by atoms with Gasteiger partial charge in [-0.3, -0.25) is 0 Å². The van der Waals surface area contributed by atoms with Crippen LogP contribution in [-0.4, -0.2) is 14.7 Å². The molecule has 0 bridgehead atoms. The Bertz CT molecular complexity index is 521. The molecule has 1 aromatic heterocycles. The SMILES string of the molecule is CC.Cc1ccc(Cn2ccnc2C(C)O)cc1F. The summed E-state index contributed by atoms with van der Waals surface area (Å²) in [5.41, 5.74) is 1.49. The normalized spacial score (nSPS) is 11.7. The second-order valence-corrected chi connectivity index (χ2v) is 4.17. The van der Waals surface area contributed by atoms with Gasteiger partial charge in [-0.15, -0.1) is 0 Å². The van der Waals surface area contributed by atoms with E-state index < -0.39 is 6.10 Å². The number of halogens is 1. The van der Waals surface area contributed by atoms with Crippen LogP contribution in [0.4, 0.5) is 4.39 Å². The van der Waals surface area contributed by atoms with Gasteiger partial charge in [0.05, 0.1) is 0 Å². The van der Waals surface area contributed by atoms with Gasteiger partial charge in [0.15, 0.2) is 0 Å². The number of aromatic nitrogens is 2. The number of aliphatic hydroxyl groups is 1. The highest BCUT2D eigenvalue weighted by molar-refractivity contribution is 5.23. The summed E-state index contributed by atoms with van der Waals surface area (Å²) in [6.45, 7) is 7.91. The molecule has 0 fully saturated rings. The number of rotatable bonds is 3. The summed E-state index contributed by atoms with van der Waals surface area (Å²) in [7, 11) is 0. The lowest BCUT2D eigenvalue weighted by atomic mass is 10.1. The largest absolute Gasteiger partial charge is 0.385 e. The van der Waals surface area contributed by atoms with Gasteiger partial charge in [-0.2, -0.15) is 0 Å². The van der Waals surface area contributed by atoms with Crippen LogP contribution in [0.5, 0.6) is 0 Å². The average Bonchev–Trinajstić information content (AvgIpc) is 2.85. The number of nitrogens with zero attached hydrogens (tertiary/aromatic N) is 2. The molecular formula is C15H21FN2O. The van der Waals surface area contributed by atoms with E-state index in [1.165, 1.54) is 6.07 Å². The van der Waals surface area contributed by atoms with Crippen LogP contribution in [0.1, 0.15) is 43.8 Å². The highest BCUT2D eigenvalue weighted by Crippen LogP contribution is 2.14. The molecule has 104 valence electrons. The lowest BCUT2D eigenvalue weighted by molar-refractivity contribution is 0.184. The zero-order valence-electron chi connectivity index (χ0n) is 11.9. The molecule has 0 aliphatic rings. The van der Waals surface area contributed by atoms with Crippen LogP contribution >= 0.6 is 0 Å². The van der Waals surface area contributed by atoms with E-state index in [0.29, 0.717) is 17.9 Å². The smallest absolute Gasteiger partial charge is 0.137 e. The minimum atomic E-state index is -0.625. The number of benzene rings is 1. The monoisotopic (exact) mass is 264 g/mol. The van der Waals surface area contributed by atoms with Crippen molar-refractivity contribution in [1.29, 1.82) is 0 Å². The predicted molar refractivity (Wildman–Crippen MR) is 74.4 cm³/mol. The third-order valence-electron chi connectivity index (χ3n) is 2.71. The first-order valence-corrected chi connectivity index (χ1v) is 6.52. The molecule has 1 atom stereocenters. The van der Waals surface area contributed by atoms with Crippen molar-refractivity contribution < 1.29 is 9.50 Å². The number of hydrogen-bond donors (Lipinski definition) is 1. The molecule has 0 aliphatic carbocycles. The number of aliphatic hydroxyl groups excluding tert-OH is 1. The van der Waals surface area contributed by atoms with Gasteiger partial charge in [0, 0.05) is 18.9 Å². The Hall–Kier alpha value is -1.68. The topological polar surface area (TPSA) is 38.0 Å². The van der Waals surface area contributed by atoms with Crippen molar-refractivity contribution in [3.05, 3.63) is 53.4 Å². The number of hydrogen-bond acceptors (Lipinski definition) is 2. The van der Waals surface area contributed by atoms with Gasteiger partial charge in [0.25, 0.3) is 0 Å². The quantitative estimate of drug-likeness (QED) is 0.922. The molecule has 0 saturated carbocycles. The van der Waals surface area contributed by atoms with E-state index in [-0.39, 0.29) is 5.82 Å². The maximum atomic E-state index is 13.4. The van der Waals surface area contributed by atoms with Gasteiger partial charge in [-0.25, -0.2) is 9.37 Å². The number of aryl methyl sites for hydroxylation is 1. The third-order valence-corrected chi connectivity index (χ3v) is 2.71. The second-order valence-electron chi connectivity index (χ2n) is 4.17. The van der Waals surface area contributed by atoms with Crippen LogP contribution < -0.4 is 0 Å². The minimum Gasteiger partial charge on any atom is -0.385 e. The second kappa shape index (κ2) is 7.04. The van der Waals surface area contributed by atoms with Crippen LogP contribution in [0.3, 0.4) is 0 Å². The fraction of sp³-hybridized carbons (Fsp3) is 0.400. The van der Waals surface area contributed by atoms with Gasteiger partial charge in [-0.1, -0.05) is 26.0 Å². The van der Waals surface area contributed by atoms with Crippen molar-refractivity contribution in [1.82, 2.24) is 9.55 Å². The van der Waals surface area contributed by atoms with E-state index in [4.69, 9.17) is 0 Å². The van der Waals surface area contributed by atoms with Crippen LogP contribution in [0.2, 0.25) is 0 Å². The molecule has 1 N–H and O–H groups in total. The highest BCUT2D eigenvalue weighted by Gasteiger charge is 2.09. The molecule has 1 aromatic carbocycles. The van der Waals surface area contributed by atoms with Gasteiger partial charge in [0.2, 0.25) is 0 Å². The standard InChI is InChI=1S/C13H15FN2O.C2H6/c1-9-3-4-11(7-12(9)14)8-16-6-5-15-13(16)10(2)17;1-2/h3-7,10,17H,8H2,1-2H3;1-2H3. The van der Waals surface area contributed by atoms with Gasteiger partial charge < -0.3 is 9.67 Å². The first-order valence-electron chi connectivity index (χ1n) is 6.52. The fourth-order valence-electron chi connectivity index (χ4n) is 1.75. The molecule has 0 spiro atoms. The van der Waals surface area contributed by atoms with Crippen molar-refractivity contribution in [3.63, 3.8) is 0 Å². The Labute approximate surface area is 113 Å². The molecule has 0 amide bonds. The molecule has 2 aromatic rings. The molecule has 3 nitrogen and oxygen atoms in total. The van der Waals surface area contributed by atoms with Gasteiger partial charge in [-0.05, 0) is 31.0 Å². The molecule has 1 heterocycles. The van der Waals surface area contributed by atoms with Crippen molar-refractivity contribution in [2.75, 3.05) is 0 Å². The van der Waals surface area contributed by atoms with Crippen LogP contribution in [-0.2, 0) is 6.54 Å². The first-order chi connectivity index (χ1) is 9.08. The predicted octanol–water partition coefficient (Wildman–Crippen LogP) is 3.46. The summed E-state index contributed by atoms with van der Waals surface area (Å²) in [5.74, 6) is 0.382. The highest BCUT2D eigenvalue weighted by atomic mass is 19.1. The van der Waals surface area contributed by atoms with E-state index in [9.17, 15) is 9.50 Å². The minimum absolute atomic E-state index is 0.207. The molecule has 0 saturated heterocycles. The van der Waals surface area contributed by atoms with E-state index in [2.05, 4.69) is 4.98 Å². The van der Waals surface area contributed by atoms with Crippen molar-refractivity contribution in [2.45, 2.75) is 40.3 Å². The van der Waals surface area contributed by atoms with Gasteiger partial charge in [0.1, 0.15) is 17.7 Å². The van der Waals surface area contributed by atoms with Crippen LogP contribution in [0.25, 0.3) is 0 Å². The maximum Gasteiger partial charge on any atom is 0.137 e. The molecule has 4 heteroatoms. The van der Waals surface area contributed by atoms with Crippen LogP contribution in [0, 0.1) is 12.7 Å². The Morgan fingerprint density at radius 3 is 2.63 bits per heavy atom. The zero-order chi connectivity index (χ0) is 14.4. The van der Waals surface area contributed by atoms with E-state index in [1.54, 1.807) is 32.3 Å². The molecule has 19 heavy (non-hydrogen) atoms. The van der Waals surface area contributed by atoms with E-state index in [1.807, 2.05) is 24.5 Å². The Morgan fingerprint density at radius 2 is 2.05 bits per heavy atom. The maximum absolute atomic E-state index is 13.4. The number of imidazole rings is 1.